The summed E-state index contributed by atoms with van der Waals surface area (Å²) >= 11 is 1.61. The number of carbonyl (C=O) groups excluding carboxylic acids is 1. The minimum atomic E-state index is -0.352. The van der Waals surface area contributed by atoms with E-state index in [0.29, 0.717) is 18.7 Å². The number of hydrogen-bond donors (Lipinski definition) is 1. The van der Waals surface area contributed by atoms with E-state index in [9.17, 15) is 4.79 Å². The van der Waals surface area contributed by atoms with Gasteiger partial charge >= 0.3 is 0 Å². The van der Waals surface area contributed by atoms with Crippen LogP contribution in [-0.2, 0) is 0 Å². The molecular weight excluding hydrogens is 224 g/mol. The molecule has 0 atom stereocenters. The van der Waals surface area contributed by atoms with Crippen LogP contribution in [0.1, 0.15) is 17.3 Å². The second-order valence-electron chi connectivity index (χ2n) is 3.68. The Kier molecular flexibility index (Phi) is 3.46. The van der Waals surface area contributed by atoms with Gasteiger partial charge in [-0.25, -0.2) is 4.98 Å². The molecule has 0 spiro atoms. The molecule has 86 valence electrons. The first-order valence-corrected chi connectivity index (χ1v) is 6.25. The van der Waals surface area contributed by atoms with Gasteiger partial charge in [-0.05, 0) is 17.9 Å². The average Bonchev–Trinajstić information content (AvgIpc) is 2.25. The van der Waals surface area contributed by atoms with Crippen LogP contribution < -0.4 is 0 Å². The predicted molar refractivity (Wildman–Crippen MR) is 62.5 cm³/mol. The number of β-amino-alcohol motifs (C(OH)–C–C–N with tert-alkyl or cyclic N) is 1. The van der Waals surface area contributed by atoms with Crippen molar-refractivity contribution in [2.45, 2.75) is 18.1 Å². The van der Waals surface area contributed by atoms with Crippen molar-refractivity contribution in [1.82, 2.24) is 9.88 Å². The summed E-state index contributed by atoms with van der Waals surface area (Å²) in [6.45, 7) is 2.93. The lowest BCUT2D eigenvalue weighted by molar-refractivity contribution is 0.00587. The molecule has 0 unspecified atom stereocenters. The summed E-state index contributed by atoms with van der Waals surface area (Å²) in [5, 5.41) is 10.0. The van der Waals surface area contributed by atoms with E-state index < -0.39 is 0 Å². The molecular formula is C11H14N2O2S. The number of aliphatic hydroxyl groups is 1. The van der Waals surface area contributed by atoms with Crippen molar-refractivity contribution in [2.24, 2.45) is 0 Å². The lowest BCUT2D eigenvalue weighted by atomic mass is 10.1. The van der Waals surface area contributed by atoms with Crippen molar-refractivity contribution in [2.75, 3.05) is 18.8 Å². The van der Waals surface area contributed by atoms with Gasteiger partial charge in [0.25, 0.3) is 5.91 Å². The number of hydrogen-bond acceptors (Lipinski definition) is 4. The summed E-state index contributed by atoms with van der Waals surface area (Å²) in [6.07, 6.45) is 1.30. The van der Waals surface area contributed by atoms with Gasteiger partial charge in [0.2, 0.25) is 0 Å². The number of aliphatic hydroxyl groups excluding tert-OH is 1. The molecule has 2 heterocycles. The fourth-order valence-corrected chi connectivity index (χ4v) is 2.21. The number of carbonyl (C=O) groups is 1. The molecule has 1 N–H and O–H groups in total. The van der Waals surface area contributed by atoms with E-state index >= 15 is 0 Å². The van der Waals surface area contributed by atoms with Crippen molar-refractivity contribution in [1.29, 1.82) is 0 Å². The van der Waals surface area contributed by atoms with Crippen molar-refractivity contribution in [3.8, 4) is 0 Å². The van der Waals surface area contributed by atoms with Gasteiger partial charge in [0.05, 0.1) is 11.1 Å². The minimum Gasteiger partial charge on any atom is -0.389 e. The summed E-state index contributed by atoms with van der Waals surface area (Å²) < 4.78 is 0. The van der Waals surface area contributed by atoms with Crippen molar-refractivity contribution >= 4 is 17.7 Å². The third kappa shape index (κ3) is 2.36. The van der Waals surface area contributed by atoms with Crippen LogP contribution in [0.3, 0.4) is 0 Å². The molecule has 4 nitrogen and oxygen atoms in total. The normalized spacial score (nSPS) is 16.0. The van der Waals surface area contributed by atoms with Gasteiger partial charge in [-0.15, -0.1) is 11.8 Å². The average molecular weight is 238 g/mol. The van der Waals surface area contributed by atoms with Crippen LogP contribution >= 0.6 is 11.8 Å². The minimum absolute atomic E-state index is 0.0225. The van der Waals surface area contributed by atoms with E-state index in [1.807, 2.05) is 6.92 Å². The molecule has 1 aromatic rings. The third-order valence-corrected chi connectivity index (χ3v) is 3.23. The largest absolute Gasteiger partial charge is 0.389 e. The summed E-state index contributed by atoms with van der Waals surface area (Å²) in [4.78, 5) is 17.7. The molecule has 1 aliphatic rings. The van der Waals surface area contributed by atoms with Crippen LogP contribution in [0.25, 0.3) is 0 Å². The van der Waals surface area contributed by atoms with Gasteiger partial charge < -0.3 is 10.0 Å². The number of thioether (sulfide) groups is 1. The highest BCUT2D eigenvalue weighted by Crippen LogP contribution is 2.18. The zero-order valence-corrected chi connectivity index (χ0v) is 9.91. The van der Waals surface area contributed by atoms with Gasteiger partial charge in [-0.3, -0.25) is 4.79 Å². The molecule has 0 aromatic carbocycles. The van der Waals surface area contributed by atoms with E-state index in [4.69, 9.17) is 5.11 Å². The Morgan fingerprint density at radius 3 is 3.06 bits per heavy atom. The molecule has 1 amide bonds. The number of rotatable bonds is 3. The van der Waals surface area contributed by atoms with Crippen LogP contribution in [0, 0.1) is 0 Å². The molecule has 1 fully saturated rings. The highest BCUT2D eigenvalue weighted by molar-refractivity contribution is 7.99. The molecule has 0 radical (unpaired) electrons. The Labute approximate surface area is 98.7 Å². The van der Waals surface area contributed by atoms with Crippen LogP contribution in [0.4, 0.5) is 0 Å². The van der Waals surface area contributed by atoms with Gasteiger partial charge in [-0.2, -0.15) is 0 Å². The third-order valence-electron chi connectivity index (χ3n) is 2.42. The lowest BCUT2D eigenvalue weighted by Gasteiger charge is -2.35. The fourth-order valence-electron chi connectivity index (χ4n) is 1.57. The first kappa shape index (κ1) is 11.4. The van der Waals surface area contributed by atoms with Crippen LogP contribution in [0.15, 0.2) is 23.4 Å². The summed E-state index contributed by atoms with van der Waals surface area (Å²) in [5.41, 5.74) is 0.651. The summed E-state index contributed by atoms with van der Waals surface area (Å²) in [7, 11) is 0. The van der Waals surface area contributed by atoms with E-state index in [1.54, 1.807) is 35.0 Å². The second kappa shape index (κ2) is 4.84. The molecule has 0 saturated carbocycles. The predicted octanol–water partition coefficient (Wildman–Crippen LogP) is 1.01. The summed E-state index contributed by atoms with van der Waals surface area (Å²) in [6, 6.07) is 3.52. The monoisotopic (exact) mass is 238 g/mol. The summed E-state index contributed by atoms with van der Waals surface area (Å²) in [5.74, 6) is 0.915. The molecule has 5 heteroatoms. The molecule has 0 aliphatic carbocycles. The molecule has 1 aromatic heterocycles. The second-order valence-corrected chi connectivity index (χ2v) is 4.96. The van der Waals surface area contributed by atoms with Crippen LogP contribution in [0.2, 0.25) is 0 Å². The Morgan fingerprint density at radius 2 is 2.44 bits per heavy atom. The first-order chi connectivity index (χ1) is 7.70. The standard InChI is InChI=1S/C11H14N2O2S/c1-2-16-10-5-8(3-4-12-10)11(15)13-6-9(14)7-13/h3-5,9,14H,2,6-7H2,1H3. The van der Waals surface area contributed by atoms with E-state index in [1.165, 1.54) is 0 Å². The fraction of sp³-hybridized carbons (Fsp3) is 0.455. The Balaban J connectivity index is 2.08. The molecule has 1 aliphatic heterocycles. The topological polar surface area (TPSA) is 53.4 Å². The lowest BCUT2D eigenvalue weighted by Crippen LogP contribution is -2.53. The molecule has 2 rings (SSSR count). The molecule has 16 heavy (non-hydrogen) atoms. The van der Waals surface area contributed by atoms with E-state index in [2.05, 4.69) is 4.98 Å². The number of likely N-dealkylation sites (tertiary alicyclic amines) is 1. The van der Waals surface area contributed by atoms with Gasteiger partial charge in [0, 0.05) is 24.8 Å². The maximum Gasteiger partial charge on any atom is 0.254 e. The van der Waals surface area contributed by atoms with Gasteiger partial charge in [0.15, 0.2) is 0 Å². The Morgan fingerprint density at radius 1 is 1.69 bits per heavy atom. The molecule has 1 saturated heterocycles. The van der Waals surface area contributed by atoms with Crippen molar-refractivity contribution in [3.05, 3.63) is 23.9 Å². The highest BCUT2D eigenvalue weighted by Gasteiger charge is 2.29. The molecule has 0 bridgehead atoms. The van der Waals surface area contributed by atoms with Crippen molar-refractivity contribution < 1.29 is 9.90 Å². The van der Waals surface area contributed by atoms with Gasteiger partial charge in [0.1, 0.15) is 0 Å². The number of aromatic nitrogens is 1. The number of amides is 1. The number of pyridine rings is 1. The highest BCUT2D eigenvalue weighted by atomic mass is 32.2. The quantitative estimate of drug-likeness (QED) is 0.799. The van der Waals surface area contributed by atoms with Gasteiger partial charge in [-0.1, -0.05) is 6.92 Å². The Bertz CT molecular complexity index is 391. The zero-order chi connectivity index (χ0) is 11.5. The first-order valence-electron chi connectivity index (χ1n) is 5.27. The maximum atomic E-state index is 11.9. The smallest absolute Gasteiger partial charge is 0.254 e. The van der Waals surface area contributed by atoms with Crippen molar-refractivity contribution in [3.63, 3.8) is 0 Å². The zero-order valence-electron chi connectivity index (χ0n) is 9.09. The number of nitrogens with zero attached hydrogens (tertiary/aromatic N) is 2. The van der Waals surface area contributed by atoms with E-state index in [-0.39, 0.29) is 12.0 Å². The Hall–Kier alpha value is -1.07. The van der Waals surface area contributed by atoms with E-state index in [0.717, 1.165) is 10.8 Å². The van der Waals surface area contributed by atoms with Crippen LogP contribution in [0.5, 0.6) is 0 Å². The maximum absolute atomic E-state index is 11.9. The van der Waals surface area contributed by atoms with Crippen LogP contribution in [-0.4, -0.2) is 45.8 Å². The SMILES string of the molecule is CCSc1cc(C(=O)N2CC(O)C2)ccn1.